The first-order valence-corrected chi connectivity index (χ1v) is 6.60. The molecule has 0 aliphatic rings. The molecule has 6 heteroatoms. The van der Waals surface area contributed by atoms with E-state index in [-0.39, 0.29) is 0 Å². The highest BCUT2D eigenvalue weighted by Crippen LogP contribution is 2.24. The second-order valence-electron chi connectivity index (χ2n) is 2.74. The molecule has 0 radical (unpaired) electrons. The molecule has 1 atom stereocenters. The summed E-state index contributed by atoms with van der Waals surface area (Å²) in [6.07, 6.45) is -1.19. The van der Waals surface area contributed by atoms with E-state index in [1.165, 1.54) is 0 Å². The Kier molecular flexibility index (Phi) is 3.78. The van der Waals surface area contributed by atoms with Crippen LogP contribution >= 0.6 is 22.3 Å². The summed E-state index contributed by atoms with van der Waals surface area (Å²) in [5, 5.41) is 9.81. The Morgan fingerprint density at radius 3 is 2.43 bits per heavy atom. The van der Waals surface area contributed by atoms with Crippen molar-refractivity contribution in [3.05, 3.63) is 34.9 Å². The van der Waals surface area contributed by atoms with Crippen LogP contribution in [-0.2, 0) is 9.05 Å². The Morgan fingerprint density at radius 2 is 1.93 bits per heavy atom. The first-order chi connectivity index (χ1) is 6.40. The molecule has 0 aliphatic heterocycles. The average Bonchev–Trinajstić information content (AvgIpc) is 2.01. The van der Waals surface area contributed by atoms with Crippen LogP contribution in [0.15, 0.2) is 24.3 Å². The van der Waals surface area contributed by atoms with Crippen LogP contribution in [-0.4, -0.2) is 19.3 Å². The van der Waals surface area contributed by atoms with Crippen molar-refractivity contribution in [2.75, 3.05) is 5.75 Å². The highest BCUT2D eigenvalue weighted by atomic mass is 35.7. The van der Waals surface area contributed by atoms with Gasteiger partial charge in [-0.1, -0.05) is 29.8 Å². The molecule has 1 aromatic rings. The molecular formula is C8H8Cl2O3S. The van der Waals surface area contributed by atoms with Gasteiger partial charge in [-0.25, -0.2) is 8.42 Å². The highest BCUT2D eigenvalue weighted by molar-refractivity contribution is 8.13. The predicted molar refractivity (Wildman–Crippen MR) is 56.1 cm³/mol. The lowest BCUT2D eigenvalue weighted by molar-refractivity contribution is 0.202. The van der Waals surface area contributed by atoms with Crippen molar-refractivity contribution >= 4 is 31.3 Å². The van der Waals surface area contributed by atoms with Gasteiger partial charge in [-0.05, 0) is 6.07 Å². The summed E-state index contributed by atoms with van der Waals surface area (Å²) in [5.74, 6) is -0.543. The molecule has 78 valence electrons. The van der Waals surface area contributed by atoms with Crippen molar-refractivity contribution < 1.29 is 13.5 Å². The zero-order valence-electron chi connectivity index (χ0n) is 7.02. The van der Waals surface area contributed by atoms with Crippen molar-refractivity contribution in [1.82, 2.24) is 0 Å². The molecule has 0 bridgehead atoms. The van der Waals surface area contributed by atoms with Gasteiger partial charge in [0.25, 0.3) is 0 Å². The van der Waals surface area contributed by atoms with E-state index in [4.69, 9.17) is 22.3 Å². The van der Waals surface area contributed by atoms with Gasteiger partial charge < -0.3 is 5.11 Å². The van der Waals surface area contributed by atoms with Gasteiger partial charge >= 0.3 is 0 Å². The number of aliphatic hydroxyl groups excluding tert-OH is 1. The fraction of sp³-hybridized carbons (Fsp3) is 0.250. The van der Waals surface area contributed by atoms with Gasteiger partial charge in [0.05, 0.1) is 11.9 Å². The van der Waals surface area contributed by atoms with Crippen LogP contribution in [0.2, 0.25) is 5.02 Å². The topological polar surface area (TPSA) is 54.4 Å². The standard InChI is InChI=1S/C8H8Cl2O3S/c9-7-4-2-1-3-6(7)8(11)5-14(10,12)13/h1-4,8,11H,5H2. The summed E-state index contributed by atoms with van der Waals surface area (Å²) in [5.41, 5.74) is 0.360. The molecule has 0 fully saturated rings. The minimum atomic E-state index is -3.72. The van der Waals surface area contributed by atoms with E-state index < -0.39 is 20.9 Å². The summed E-state index contributed by atoms with van der Waals surface area (Å²) in [6.45, 7) is 0. The van der Waals surface area contributed by atoms with E-state index in [9.17, 15) is 13.5 Å². The normalized spacial score (nSPS) is 13.9. The van der Waals surface area contributed by atoms with Gasteiger partial charge in [-0.3, -0.25) is 0 Å². The predicted octanol–water partition coefficient (Wildman–Crippen LogP) is 1.94. The maximum Gasteiger partial charge on any atom is 0.235 e. The van der Waals surface area contributed by atoms with E-state index in [1.807, 2.05) is 0 Å². The zero-order chi connectivity index (χ0) is 10.8. The lowest BCUT2D eigenvalue weighted by atomic mass is 10.1. The minimum absolute atomic E-state index is 0.320. The number of benzene rings is 1. The largest absolute Gasteiger partial charge is 0.387 e. The van der Waals surface area contributed by atoms with Crippen molar-refractivity contribution in [1.29, 1.82) is 0 Å². The van der Waals surface area contributed by atoms with Crippen LogP contribution in [0.3, 0.4) is 0 Å². The van der Waals surface area contributed by atoms with Gasteiger partial charge in [-0.2, -0.15) is 0 Å². The molecule has 1 aromatic carbocycles. The summed E-state index contributed by atoms with van der Waals surface area (Å²) >= 11 is 5.75. The second-order valence-corrected chi connectivity index (χ2v) is 5.97. The van der Waals surface area contributed by atoms with Crippen LogP contribution in [0.1, 0.15) is 11.7 Å². The molecule has 0 saturated carbocycles. The first kappa shape index (κ1) is 11.8. The van der Waals surface area contributed by atoms with E-state index >= 15 is 0 Å². The molecule has 0 aliphatic carbocycles. The van der Waals surface area contributed by atoms with Crippen molar-refractivity contribution in [3.8, 4) is 0 Å². The van der Waals surface area contributed by atoms with Crippen molar-refractivity contribution in [3.63, 3.8) is 0 Å². The third kappa shape index (κ3) is 3.46. The fourth-order valence-corrected chi connectivity index (χ4v) is 2.20. The number of rotatable bonds is 3. The van der Waals surface area contributed by atoms with Crippen LogP contribution < -0.4 is 0 Å². The smallest absolute Gasteiger partial charge is 0.235 e. The average molecular weight is 255 g/mol. The number of aliphatic hydroxyl groups is 1. The number of hydrogen-bond acceptors (Lipinski definition) is 3. The second kappa shape index (κ2) is 4.49. The lowest BCUT2D eigenvalue weighted by Gasteiger charge is -2.09. The molecule has 1 unspecified atom stereocenters. The molecule has 0 saturated heterocycles. The number of hydrogen-bond donors (Lipinski definition) is 1. The Labute approximate surface area is 91.7 Å². The Balaban J connectivity index is 2.90. The molecule has 0 aromatic heterocycles. The maximum atomic E-state index is 10.7. The van der Waals surface area contributed by atoms with Crippen LogP contribution in [0.4, 0.5) is 0 Å². The Bertz CT molecular complexity index is 416. The van der Waals surface area contributed by atoms with E-state index in [1.54, 1.807) is 24.3 Å². The van der Waals surface area contributed by atoms with Crippen molar-refractivity contribution in [2.24, 2.45) is 0 Å². The third-order valence-corrected chi connectivity index (χ3v) is 3.06. The summed E-state index contributed by atoms with van der Waals surface area (Å²) < 4.78 is 21.4. The molecule has 1 rings (SSSR count). The lowest BCUT2D eigenvalue weighted by Crippen LogP contribution is -2.09. The van der Waals surface area contributed by atoms with Gasteiger partial charge in [0.15, 0.2) is 0 Å². The van der Waals surface area contributed by atoms with Gasteiger partial charge in [0, 0.05) is 21.3 Å². The van der Waals surface area contributed by atoms with E-state index in [0.29, 0.717) is 10.6 Å². The summed E-state index contributed by atoms with van der Waals surface area (Å²) in [6, 6.07) is 6.47. The molecule has 0 spiro atoms. The summed E-state index contributed by atoms with van der Waals surface area (Å²) in [7, 11) is 1.27. The number of halogens is 2. The van der Waals surface area contributed by atoms with Crippen molar-refractivity contribution in [2.45, 2.75) is 6.10 Å². The Hall–Kier alpha value is -0.290. The molecule has 1 N–H and O–H groups in total. The zero-order valence-corrected chi connectivity index (χ0v) is 9.35. The SMILES string of the molecule is O=S(=O)(Cl)CC(O)c1ccccc1Cl. The van der Waals surface area contributed by atoms with Gasteiger partial charge in [0.2, 0.25) is 9.05 Å². The summed E-state index contributed by atoms with van der Waals surface area (Å²) in [4.78, 5) is 0. The quantitative estimate of drug-likeness (QED) is 0.840. The van der Waals surface area contributed by atoms with E-state index in [0.717, 1.165) is 0 Å². The third-order valence-electron chi connectivity index (χ3n) is 1.62. The van der Waals surface area contributed by atoms with Crippen LogP contribution in [0.25, 0.3) is 0 Å². The first-order valence-electron chi connectivity index (χ1n) is 3.75. The van der Waals surface area contributed by atoms with Gasteiger partial charge in [0.1, 0.15) is 0 Å². The Morgan fingerprint density at radius 1 is 1.36 bits per heavy atom. The maximum absolute atomic E-state index is 10.7. The van der Waals surface area contributed by atoms with Gasteiger partial charge in [-0.15, -0.1) is 0 Å². The minimum Gasteiger partial charge on any atom is -0.387 e. The van der Waals surface area contributed by atoms with E-state index in [2.05, 4.69) is 0 Å². The molecule has 0 heterocycles. The van der Waals surface area contributed by atoms with Crippen LogP contribution in [0, 0.1) is 0 Å². The van der Waals surface area contributed by atoms with Crippen LogP contribution in [0.5, 0.6) is 0 Å². The highest BCUT2D eigenvalue weighted by Gasteiger charge is 2.17. The molecule has 0 amide bonds. The molecule has 14 heavy (non-hydrogen) atoms. The molecule has 3 nitrogen and oxygen atoms in total. The monoisotopic (exact) mass is 254 g/mol. The fourth-order valence-electron chi connectivity index (χ4n) is 1.02. The molecular weight excluding hydrogens is 247 g/mol.